The molecule has 0 aliphatic carbocycles. The SMILES string of the molecule is [C-]#[N+]c1cc(-c2ccc(-n3c4ccccc4c4cc(C#N)ccc43)c(C#N)c2)cc(-c2c3ccccc3c(-c3ccccc3)c3ccccc23)c1. The van der Waals surface area contributed by atoms with Crippen molar-refractivity contribution in [1.29, 1.82) is 10.5 Å². The lowest BCUT2D eigenvalue weighted by molar-refractivity contribution is 1.17. The summed E-state index contributed by atoms with van der Waals surface area (Å²) in [5.74, 6) is 0. The number of nitriles is 2. The minimum atomic E-state index is 0.511. The molecule has 0 aliphatic heterocycles. The summed E-state index contributed by atoms with van der Waals surface area (Å²) in [5.41, 5.74) is 10.4. The van der Waals surface area contributed by atoms with Gasteiger partial charge in [-0.3, -0.25) is 0 Å². The second-order valence-electron chi connectivity index (χ2n) is 12.6. The standard InChI is InChI=1S/C47H26N4/c1-50-36-26-33(32-20-22-43(35(24-32)29-49)51-44-18-10-9-13-37(44)42-23-30(28-48)19-21-45(42)51)25-34(27-36)47-40-16-7-5-14-38(40)46(31-11-3-2-4-12-31)39-15-6-8-17-41(39)47/h2-27H. The van der Waals surface area contributed by atoms with Crippen molar-refractivity contribution >= 4 is 49.0 Å². The minimum absolute atomic E-state index is 0.511. The van der Waals surface area contributed by atoms with E-state index in [1.165, 1.54) is 5.56 Å². The first kappa shape index (κ1) is 29.7. The third kappa shape index (κ3) is 4.74. The van der Waals surface area contributed by atoms with Crippen LogP contribution in [-0.4, -0.2) is 4.57 Å². The summed E-state index contributed by atoms with van der Waals surface area (Å²) in [6, 6.07) is 57.9. The van der Waals surface area contributed by atoms with Crippen LogP contribution < -0.4 is 0 Å². The molecule has 0 spiro atoms. The molecular formula is C47H26N4. The van der Waals surface area contributed by atoms with Crippen molar-refractivity contribution in [1.82, 2.24) is 4.57 Å². The van der Waals surface area contributed by atoms with Gasteiger partial charge in [0.05, 0.1) is 40.5 Å². The van der Waals surface area contributed by atoms with E-state index in [1.807, 2.05) is 78.9 Å². The van der Waals surface area contributed by atoms with Crippen molar-refractivity contribution in [3.8, 4) is 51.2 Å². The lowest BCUT2D eigenvalue weighted by Gasteiger charge is -2.18. The summed E-state index contributed by atoms with van der Waals surface area (Å²) in [6.45, 7) is 8.07. The Labute approximate surface area is 294 Å². The first-order chi connectivity index (χ1) is 25.2. The molecule has 4 nitrogen and oxygen atoms in total. The quantitative estimate of drug-likeness (QED) is 0.141. The Kier molecular flexibility index (Phi) is 6.93. The van der Waals surface area contributed by atoms with Gasteiger partial charge in [-0.1, -0.05) is 103 Å². The Morgan fingerprint density at radius 3 is 1.69 bits per heavy atom. The molecule has 8 aromatic carbocycles. The predicted octanol–water partition coefficient (Wildman–Crippen LogP) is 12.4. The van der Waals surface area contributed by atoms with Gasteiger partial charge in [-0.2, -0.15) is 10.5 Å². The Hall–Kier alpha value is -7.45. The molecular weight excluding hydrogens is 621 g/mol. The van der Waals surface area contributed by atoms with Gasteiger partial charge in [0.15, 0.2) is 5.69 Å². The van der Waals surface area contributed by atoms with Crippen molar-refractivity contribution in [3.63, 3.8) is 0 Å². The number of hydrogen-bond donors (Lipinski definition) is 0. The van der Waals surface area contributed by atoms with Crippen LogP contribution >= 0.6 is 0 Å². The molecule has 0 amide bonds. The predicted molar refractivity (Wildman–Crippen MR) is 208 cm³/mol. The molecule has 0 unspecified atom stereocenters. The van der Waals surface area contributed by atoms with Crippen LogP contribution in [0.25, 0.3) is 87.3 Å². The van der Waals surface area contributed by atoms with Gasteiger partial charge in [-0.05, 0) is 110 Å². The summed E-state index contributed by atoms with van der Waals surface area (Å²) >= 11 is 0. The molecule has 9 rings (SSSR count). The zero-order valence-corrected chi connectivity index (χ0v) is 27.3. The van der Waals surface area contributed by atoms with E-state index in [9.17, 15) is 10.5 Å². The first-order valence-corrected chi connectivity index (χ1v) is 16.7. The Balaban J connectivity index is 1.26. The van der Waals surface area contributed by atoms with E-state index in [0.29, 0.717) is 16.8 Å². The zero-order chi connectivity index (χ0) is 34.5. The number of hydrogen-bond acceptors (Lipinski definition) is 2. The fraction of sp³-hybridized carbons (Fsp3) is 0. The molecule has 4 heteroatoms. The molecule has 0 saturated heterocycles. The highest BCUT2D eigenvalue weighted by Gasteiger charge is 2.19. The summed E-state index contributed by atoms with van der Waals surface area (Å²) in [5, 5.41) is 26.6. The van der Waals surface area contributed by atoms with E-state index in [1.54, 1.807) is 0 Å². The minimum Gasteiger partial charge on any atom is -0.308 e. The molecule has 1 heterocycles. The topological polar surface area (TPSA) is 56.9 Å². The zero-order valence-electron chi connectivity index (χ0n) is 27.3. The van der Waals surface area contributed by atoms with E-state index in [2.05, 4.69) is 100 Å². The van der Waals surface area contributed by atoms with Crippen LogP contribution in [0.4, 0.5) is 5.69 Å². The summed E-state index contributed by atoms with van der Waals surface area (Å²) in [4.78, 5) is 3.91. The van der Waals surface area contributed by atoms with Gasteiger partial charge in [0.1, 0.15) is 6.07 Å². The molecule has 1 aromatic heterocycles. The smallest absolute Gasteiger partial charge is 0.188 e. The van der Waals surface area contributed by atoms with Gasteiger partial charge >= 0.3 is 0 Å². The van der Waals surface area contributed by atoms with E-state index < -0.39 is 0 Å². The molecule has 0 fully saturated rings. The largest absolute Gasteiger partial charge is 0.308 e. The average molecular weight is 647 g/mol. The van der Waals surface area contributed by atoms with Gasteiger partial charge in [-0.15, -0.1) is 0 Å². The highest BCUT2D eigenvalue weighted by molar-refractivity contribution is 6.21. The third-order valence-electron chi connectivity index (χ3n) is 9.82. The van der Waals surface area contributed by atoms with Crippen LogP contribution in [0.2, 0.25) is 0 Å². The van der Waals surface area contributed by atoms with Crippen molar-refractivity contribution < 1.29 is 0 Å². The summed E-state index contributed by atoms with van der Waals surface area (Å²) in [6.07, 6.45) is 0. The van der Waals surface area contributed by atoms with Crippen LogP contribution in [0.1, 0.15) is 11.1 Å². The highest BCUT2D eigenvalue weighted by atomic mass is 15.0. The van der Waals surface area contributed by atoms with E-state index in [4.69, 9.17) is 6.57 Å². The number of aromatic nitrogens is 1. The number of benzene rings is 8. The second kappa shape index (κ2) is 11.9. The third-order valence-corrected chi connectivity index (χ3v) is 9.82. The summed E-state index contributed by atoms with van der Waals surface area (Å²) in [7, 11) is 0. The van der Waals surface area contributed by atoms with Crippen LogP contribution in [0.15, 0.2) is 158 Å². The Morgan fingerprint density at radius 1 is 0.451 bits per heavy atom. The van der Waals surface area contributed by atoms with Crippen molar-refractivity contribution in [2.24, 2.45) is 0 Å². The number of para-hydroxylation sites is 1. The molecule has 0 N–H and O–H groups in total. The maximum absolute atomic E-state index is 10.6. The van der Waals surface area contributed by atoms with Gasteiger partial charge in [0, 0.05) is 10.8 Å². The monoisotopic (exact) mass is 646 g/mol. The molecule has 9 aromatic rings. The molecule has 51 heavy (non-hydrogen) atoms. The van der Waals surface area contributed by atoms with Gasteiger partial charge in [0.2, 0.25) is 0 Å². The molecule has 0 atom stereocenters. The molecule has 0 radical (unpaired) electrons. The van der Waals surface area contributed by atoms with Crippen LogP contribution in [0.5, 0.6) is 0 Å². The maximum Gasteiger partial charge on any atom is 0.188 e. The molecule has 0 saturated carbocycles. The van der Waals surface area contributed by atoms with E-state index in [-0.39, 0.29) is 0 Å². The lowest BCUT2D eigenvalue weighted by Crippen LogP contribution is -1.98. The molecule has 0 aliphatic rings. The van der Waals surface area contributed by atoms with E-state index in [0.717, 1.165) is 76.9 Å². The second-order valence-corrected chi connectivity index (χ2v) is 12.6. The van der Waals surface area contributed by atoms with Gasteiger partial charge < -0.3 is 4.57 Å². The number of rotatable bonds is 4. The Morgan fingerprint density at radius 2 is 1.04 bits per heavy atom. The van der Waals surface area contributed by atoms with Gasteiger partial charge in [-0.25, -0.2) is 4.85 Å². The maximum atomic E-state index is 10.6. The van der Waals surface area contributed by atoms with Crippen molar-refractivity contribution in [2.45, 2.75) is 0 Å². The van der Waals surface area contributed by atoms with Crippen LogP contribution in [0, 0.1) is 29.2 Å². The molecule has 234 valence electrons. The van der Waals surface area contributed by atoms with Crippen LogP contribution in [0.3, 0.4) is 0 Å². The lowest BCUT2D eigenvalue weighted by atomic mass is 9.85. The van der Waals surface area contributed by atoms with Crippen LogP contribution in [-0.2, 0) is 0 Å². The number of fused-ring (bicyclic) bond motifs is 5. The van der Waals surface area contributed by atoms with E-state index >= 15 is 0 Å². The normalized spacial score (nSPS) is 11.1. The van der Waals surface area contributed by atoms with Crippen molar-refractivity contribution in [2.75, 3.05) is 0 Å². The fourth-order valence-corrected chi connectivity index (χ4v) is 7.64. The fourth-order valence-electron chi connectivity index (χ4n) is 7.64. The average Bonchev–Trinajstić information content (AvgIpc) is 3.53. The Bertz CT molecular complexity index is 2940. The number of nitrogens with zero attached hydrogens (tertiary/aromatic N) is 4. The first-order valence-electron chi connectivity index (χ1n) is 16.7. The van der Waals surface area contributed by atoms with Crippen molar-refractivity contribution in [3.05, 3.63) is 180 Å². The highest BCUT2D eigenvalue weighted by Crippen LogP contribution is 2.45. The van der Waals surface area contributed by atoms with Gasteiger partial charge in [0.25, 0.3) is 0 Å². The molecule has 0 bridgehead atoms. The summed E-state index contributed by atoms with van der Waals surface area (Å²) < 4.78 is 2.10.